The molecule has 2 aromatic rings. The lowest BCUT2D eigenvalue weighted by Gasteiger charge is -2.38. The van der Waals surface area contributed by atoms with E-state index < -0.39 is 10.0 Å². The third-order valence-electron chi connectivity index (χ3n) is 6.70. The molecule has 2 N–H and O–H groups in total. The van der Waals surface area contributed by atoms with Crippen molar-refractivity contribution < 1.29 is 22.7 Å². The number of carbonyl (C=O) groups excluding carboxylic acids is 1. The second kappa shape index (κ2) is 9.08. The van der Waals surface area contributed by atoms with Crippen LogP contribution in [0, 0.1) is 0 Å². The van der Waals surface area contributed by atoms with Crippen LogP contribution in [0.3, 0.4) is 0 Å². The van der Waals surface area contributed by atoms with Gasteiger partial charge in [0.25, 0.3) is 5.91 Å². The lowest BCUT2D eigenvalue weighted by atomic mass is 10.1. The number of fused-ring (bicyclic) bond motifs is 1. The van der Waals surface area contributed by atoms with E-state index in [1.165, 1.54) is 6.20 Å². The molecule has 3 fully saturated rings. The van der Waals surface area contributed by atoms with E-state index in [0.717, 1.165) is 5.69 Å². The summed E-state index contributed by atoms with van der Waals surface area (Å²) in [5.74, 6) is -0.0356. The fraction of sp³-hybridized carbons (Fsp3) is 0.636. The number of amides is 1. The van der Waals surface area contributed by atoms with E-state index in [-0.39, 0.29) is 40.9 Å². The van der Waals surface area contributed by atoms with Crippen molar-refractivity contribution in [1.29, 1.82) is 0 Å². The van der Waals surface area contributed by atoms with E-state index >= 15 is 0 Å². The van der Waals surface area contributed by atoms with Crippen LogP contribution in [0.15, 0.2) is 23.4 Å². The summed E-state index contributed by atoms with van der Waals surface area (Å²) >= 11 is 0. The summed E-state index contributed by atoms with van der Waals surface area (Å²) in [5.41, 5.74) is 1.45. The Bertz CT molecular complexity index is 1170. The molecule has 3 aliphatic heterocycles. The molecule has 3 aliphatic rings. The molecule has 5 heterocycles. The van der Waals surface area contributed by atoms with Gasteiger partial charge in [0.1, 0.15) is 4.90 Å². The van der Waals surface area contributed by atoms with Gasteiger partial charge in [-0.2, -0.15) is 0 Å². The highest BCUT2D eigenvalue weighted by atomic mass is 32.2. The number of ether oxygens (including phenoxy) is 2. The topological polar surface area (TPSA) is 118 Å². The van der Waals surface area contributed by atoms with Crippen LogP contribution in [0.4, 0.5) is 5.69 Å². The van der Waals surface area contributed by atoms with E-state index in [0.29, 0.717) is 51.5 Å². The van der Waals surface area contributed by atoms with Gasteiger partial charge in [0.15, 0.2) is 0 Å². The van der Waals surface area contributed by atoms with Gasteiger partial charge in [-0.05, 0) is 26.8 Å². The summed E-state index contributed by atoms with van der Waals surface area (Å²) < 4.78 is 41.8. The van der Waals surface area contributed by atoms with Crippen molar-refractivity contribution in [2.45, 2.75) is 49.9 Å². The average Bonchev–Trinajstić information content (AvgIpc) is 3.24. The molecule has 0 aromatic carbocycles. The lowest BCUT2D eigenvalue weighted by Crippen LogP contribution is -2.55. The first-order valence-corrected chi connectivity index (χ1v) is 13.2. The number of rotatable bonds is 5. The van der Waals surface area contributed by atoms with E-state index in [9.17, 15) is 13.2 Å². The Morgan fingerprint density at radius 1 is 1.18 bits per heavy atom. The van der Waals surface area contributed by atoms with Gasteiger partial charge in [0.05, 0.1) is 49.4 Å². The number of piperazine rings is 1. The highest BCUT2D eigenvalue weighted by Crippen LogP contribution is 2.29. The largest absolute Gasteiger partial charge is 0.378 e. The molecule has 0 saturated carbocycles. The maximum Gasteiger partial charge on any atom is 0.290 e. The molecule has 186 valence electrons. The molecule has 11 nitrogen and oxygen atoms in total. The van der Waals surface area contributed by atoms with E-state index in [4.69, 9.17) is 9.47 Å². The fourth-order valence-corrected chi connectivity index (χ4v) is 6.13. The Labute approximate surface area is 199 Å². The van der Waals surface area contributed by atoms with Crippen LogP contribution >= 0.6 is 0 Å². The quantitative estimate of drug-likeness (QED) is 0.602. The minimum Gasteiger partial charge on any atom is -0.378 e. The molecular formula is C22H32N6O5S. The molecule has 2 aromatic heterocycles. The van der Waals surface area contributed by atoms with Crippen LogP contribution in [-0.2, 0) is 19.5 Å². The molecule has 1 amide bonds. The number of nitrogens with one attached hydrogen (secondary N) is 2. The molecule has 5 rings (SSSR count). The van der Waals surface area contributed by atoms with Crippen LogP contribution in [0.25, 0.3) is 5.52 Å². The highest BCUT2D eigenvalue weighted by Gasteiger charge is 2.34. The number of hydrogen-bond donors (Lipinski definition) is 2. The highest BCUT2D eigenvalue weighted by molar-refractivity contribution is 7.89. The summed E-state index contributed by atoms with van der Waals surface area (Å²) in [6.07, 6.45) is 2.98. The van der Waals surface area contributed by atoms with Crippen LogP contribution in [-0.4, -0.2) is 98.8 Å². The normalized spacial score (nSPS) is 28.2. The molecule has 12 heteroatoms. The minimum absolute atomic E-state index is 0.0990. The average molecular weight is 493 g/mol. The first-order valence-electron chi connectivity index (χ1n) is 11.8. The van der Waals surface area contributed by atoms with Gasteiger partial charge in [-0.3, -0.25) is 9.20 Å². The number of hydrogen-bond acceptors (Lipinski definition) is 8. The van der Waals surface area contributed by atoms with Gasteiger partial charge in [-0.15, -0.1) is 0 Å². The number of imidazole rings is 1. The SMILES string of the molecule is CC1OCC1NS(=O)(=O)c1cc(N2C[C@H](C)N[C@@H](C)C2)c2cnc(C(=O)N3CCOCC3)n2c1. The Hall–Kier alpha value is -2.25. The number of aromatic nitrogens is 2. The first kappa shape index (κ1) is 23.5. The monoisotopic (exact) mass is 492 g/mol. The van der Waals surface area contributed by atoms with E-state index in [1.54, 1.807) is 21.6 Å². The zero-order chi connectivity index (χ0) is 24.0. The first-order chi connectivity index (χ1) is 16.2. The minimum atomic E-state index is -3.84. The van der Waals surface area contributed by atoms with Gasteiger partial charge in [-0.25, -0.2) is 18.1 Å². The maximum absolute atomic E-state index is 13.3. The summed E-state index contributed by atoms with van der Waals surface area (Å²) in [6, 6.07) is 1.87. The maximum atomic E-state index is 13.3. The van der Waals surface area contributed by atoms with Crippen LogP contribution in [0.5, 0.6) is 0 Å². The second-order valence-electron chi connectivity index (χ2n) is 9.44. The van der Waals surface area contributed by atoms with Crippen molar-refractivity contribution in [1.82, 2.24) is 24.3 Å². The van der Waals surface area contributed by atoms with Crippen molar-refractivity contribution in [3.05, 3.63) is 24.3 Å². The van der Waals surface area contributed by atoms with Gasteiger partial charge < -0.3 is 24.6 Å². The zero-order valence-corrected chi connectivity index (χ0v) is 20.5. The van der Waals surface area contributed by atoms with Crippen molar-refractivity contribution in [3.8, 4) is 0 Å². The summed E-state index contributed by atoms with van der Waals surface area (Å²) in [6.45, 7) is 9.71. The van der Waals surface area contributed by atoms with Gasteiger partial charge in [0, 0.05) is 44.5 Å². The molecule has 34 heavy (non-hydrogen) atoms. The summed E-state index contributed by atoms with van der Waals surface area (Å²) in [5, 5.41) is 3.50. The Balaban J connectivity index is 1.59. The molecule has 4 atom stereocenters. The molecule has 0 spiro atoms. The fourth-order valence-electron chi connectivity index (χ4n) is 4.83. The molecular weight excluding hydrogens is 460 g/mol. The Morgan fingerprint density at radius 3 is 2.50 bits per heavy atom. The lowest BCUT2D eigenvalue weighted by molar-refractivity contribution is -0.0666. The summed E-state index contributed by atoms with van der Waals surface area (Å²) in [4.78, 5) is 21.7. The molecule has 0 aliphatic carbocycles. The standard InChI is InChI=1S/C22H32N6O5S/c1-14-10-27(11-15(2)24-14)19-8-17(34(30,31)25-18-13-33-16(18)3)12-28-20(19)9-23-21(28)22(29)26-4-6-32-7-5-26/h8-9,12,14-16,18,24-25H,4-7,10-11,13H2,1-3H3/t14-,15-,16?,18?/m0/s1. The smallest absolute Gasteiger partial charge is 0.290 e. The molecule has 0 radical (unpaired) electrons. The van der Waals surface area contributed by atoms with Crippen LogP contribution in [0.1, 0.15) is 31.4 Å². The predicted octanol–water partition coefficient (Wildman–Crippen LogP) is 0.0589. The third-order valence-corrected chi connectivity index (χ3v) is 8.16. The van der Waals surface area contributed by atoms with Gasteiger partial charge >= 0.3 is 0 Å². The molecule has 2 unspecified atom stereocenters. The van der Waals surface area contributed by atoms with Crippen LogP contribution < -0.4 is 14.9 Å². The van der Waals surface area contributed by atoms with Crippen LogP contribution in [0.2, 0.25) is 0 Å². The molecule has 3 saturated heterocycles. The van der Waals surface area contributed by atoms with Gasteiger partial charge in [0.2, 0.25) is 15.8 Å². The third kappa shape index (κ3) is 4.40. The number of carbonyl (C=O) groups is 1. The summed E-state index contributed by atoms with van der Waals surface area (Å²) in [7, 11) is -3.84. The van der Waals surface area contributed by atoms with Crippen molar-refractivity contribution in [3.63, 3.8) is 0 Å². The van der Waals surface area contributed by atoms with Crippen molar-refractivity contribution in [2.24, 2.45) is 0 Å². The van der Waals surface area contributed by atoms with E-state index in [1.807, 2.05) is 6.92 Å². The number of sulfonamides is 1. The van der Waals surface area contributed by atoms with Gasteiger partial charge in [-0.1, -0.05) is 0 Å². The number of morpholine rings is 1. The zero-order valence-electron chi connectivity index (χ0n) is 19.7. The van der Waals surface area contributed by atoms with Crippen molar-refractivity contribution in [2.75, 3.05) is 50.9 Å². The Morgan fingerprint density at radius 2 is 1.88 bits per heavy atom. The predicted molar refractivity (Wildman–Crippen MR) is 126 cm³/mol. The number of nitrogens with zero attached hydrogens (tertiary/aromatic N) is 4. The number of anilines is 1. The number of pyridine rings is 1. The second-order valence-corrected chi connectivity index (χ2v) is 11.2. The van der Waals surface area contributed by atoms with Crippen molar-refractivity contribution >= 4 is 27.1 Å². The Kier molecular flexibility index (Phi) is 6.27. The van der Waals surface area contributed by atoms with E-state index in [2.05, 4.69) is 33.8 Å². The molecule has 0 bridgehead atoms.